The number of hydrogen-bond donors (Lipinski definition) is 1. The second-order valence-electron chi connectivity index (χ2n) is 2.80. The summed E-state index contributed by atoms with van der Waals surface area (Å²) < 4.78 is 0. The van der Waals surface area contributed by atoms with E-state index in [1.54, 1.807) is 0 Å². The molecule has 0 radical (unpaired) electrons. The maximum absolute atomic E-state index is 4.46. The van der Waals surface area contributed by atoms with Gasteiger partial charge in [0.25, 0.3) is 0 Å². The van der Waals surface area contributed by atoms with E-state index < -0.39 is 0 Å². The minimum atomic E-state index is 0. The van der Waals surface area contributed by atoms with Crippen LogP contribution in [0.15, 0.2) is 0 Å². The zero-order chi connectivity index (χ0) is 6.53. The van der Waals surface area contributed by atoms with Crippen LogP contribution in [0.3, 0.4) is 0 Å². The second kappa shape index (κ2) is 6.73. The van der Waals surface area contributed by atoms with Crippen molar-refractivity contribution in [1.82, 2.24) is 0 Å². The van der Waals surface area contributed by atoms with Crippen molar-refractivity contribution in [2.24, 2.45) is 0 Å². The van der Waals surface area contributed by atoms with E-state index in [0.717, 1.165) is 0 Å². The van der Waals surface area contributed by atoms with E-state index in [2.05, 4.69) is 19.0 Å². The first-order valence-corrected chi connectivity index (χ1v) is 4.41. The predicted octanol–water partition coefficient (Wildman–Crippen LogP) is 2.84. The number of thiol groups is 1. The van der Waals surface area contributed by atoms with E-state index in [-0.39, 0.29) is 21.1 Å². The predicted molar refractivity (Wildman–Crippen MR) is 44.8 cm³/mol. The van der Waals surface area contributed by atoms with Crippen LogP contribution in [0, 0.1) is 6.42 Å². The Morgan fingerprint density at radius 2 is 1.60 bits per heavy atom. The van der Waals surface area contributed by atoms with Gasteiger partial charge in [0.05, 0.1) is 0 Å². The molecule has 0 atom stereocenters. The van der Waals surface area contributed by atoms with Crippen LogP contribution >= 0.6 is 12.6 Å². The topological polar surface area (TPSA) is 0 Å². The van der Waals surface area contributed by atoms with Gasteiger partial charge in [0, 0.05) is 26.3 Å². The first kappa shape index (κ1) is 11.0. The monoisotopic (exact) mass is 327 g/mol. The quantitative estimate of drug-likeness (QED) is 0.513. The van der Waals surface area contributed by atoms with Crippen molar-refractivity contribution in [1.29, 1.82) is 0 Å². The van der Waals surface area contributed by atoms with Crippen LogP contribution in [-0.2, 0) is 21.1 Å². The van der Waals surface area contributed by atoms with Crippen molar-refractivity contribution < 1.29 is 21.1 Å². The molecule has 0 spiro atoms. The maximum Gasteiger partial charge on any atom is 0.00149 e. The molecular formula is C8H15SW-. The molecule has 0 nitrogen and oxygen atoms in total. The van der Waals surface area contributed by atoms with E-state index in [4.69, 9.17) is 0 Å². The molecule has 1 aliphatic rings. The molecule has 1 fully saturated rings. The van der Waals surface area contributed by atoms with Crippen molar-refractivity contribution in [2.45, 2.75) is 43.8 Å². The standard InChI is InChI=1S/C8H15S.W/c9-8-6-4-2-1-3-5-7-8;/h1,8-9H,2-7H2;/q-1;. The molecular weight excluding hydrogens is 312 g/mol. The molecule has 0 bridgehead atoms. The zero-order valence-corrected chi connectivity index (χ0v) is 10.1. The molecule has 1 aliphatic carbocycles. The van der Waals surface area contributed by atoms with Gasteiger partial charge in [-0.05, 0) is 12.8 Å². The van der Waals surface area contributed by atoms with Gasteiger partial charge in [0.15, 0.2) is 0 Å². The van der Waals surface area contributed by atoms with Gasteiger partial charge in [-0.1, -0.05) is 12.8 Å². The van der Waals surface area contributed by atoms with Gasteiger partial charge in [-0.15, -0.1) is 0 Å². The summed E-state index contributed by atoms with van der Waals surface area (Å²) in [4.78, 5) is 0. The van der Waals surface area contributed by atoms with Crippen LogP contribution < -0.4 is 0 Å². The molecule has 60 valence electrons. The van der Waals surface area contributed by atoms with E-state index in [9.17, 15) is 0 Å². The fourth-order valence-corrected chi connectivity index (χ4v) is 1.65. The second-order valence-corrected chi connectivity index (χ2v) is 3.53. The van der Waals surface area contributed by atoms with Crippen molar-refractivity contribution in [2.75, 3.05) is 0 Å². The van der Waals surface area contributed by atoms with E-state index in [1.165, 1.54) is 38.5 Å². The van der Waals surface area contributed by atoms with Gasteiger partial charge < -0.3 is 6.42 Å². The van der Waals surface area contributed by atoms with Gasteiger partial charge in [-0.2, -0.15) is 25.5 Å². The first-order valence-electron chi connectivity index (χ1n) is 3.89. The first-order chi connectivity index (χ1) is 4.39. The summed E-state index contributed by atoms with van der Waals surface area (Å²) in [7, 11) is 0. The molecule has 0 aromatic rings. The van der Waals surface area contributed by atoms with Crippen molar-refractivity contribution in [3.63, 3.8) is 0 Å². The van der Waals surface area contributed by atoms with Crippen molar-refractivity contribution in [3.8, 4) is 0 Å². The molecule has 10 heavy (non-hydrogen) atoms. The average molecular weight is 327 g/mol. The van der Waals surface area contributed by atoms with Crippen LogP contribution in [0.5, 0.6) is 0 Å². The number of rotatable bonds is 0. The number of hydrogen-bond acceptors (Lipinski definition) is 1. The Bertz CT molecular complexity index is 67.7. The van der Waals surface area contributed by atoms with Crippen LogP contribution in [0.4, 0.5) is 0 Å². The molecule has 0 amide bonds. The maximum atomic E-state index is 4.46. The molecule has 1 rings (SSSR count). The minimum Gasteiger partial charge on any atom is -0.328 e. The Morgan fingerprint density at radius 1 is 1.10 bits per heavy atom. The van der Waals surface area contributed by atoms with Crippen molar-refractivity contribution >= 4 is 12.6 Å². The van der Waals surface area contributed by atoms with Crippen LogP contribution in [0.2, 0.25) is 0 Å². The summed E-state index contributed by atoms with van der Waals surface area (Å²) in [5, 5.41) is 0.693. The fraction of sp³-hybridized carbons (Fsp3) is 0.875. The average Bonchev–Trinajstić information content (AvgIpc) is 1.79. The summed E-state index contributed by atoms with van der Waals surface area (Å²) >= 11 is 4.46. The Morgan fingerprint density at radius 3 is 2.10 bits per heavy atom. The van der Waals surface area contributed by atoms with Gasteiger partial charge in [-0.25, -0.2) is 0 Å². The normalized spacial score (nSPS) is 22.5. The minimum absolute atomic E-state index is 0. The summed E-state index contributed by atoms with van der Waals surface area (Å²) in [5.74, 6) is 0. The Labute approximate surface area is 83.8 Å². The van der Waals surface area contributed by atoms with Crippen molar-refractivity contribution in [3.05, 3.63) is 6.42 Å². The SMILES string of the molecule is SC1CCC[CH-]CCC1.[W]. The van der Waals surface area contributed by atoms with Crippen LogP contribution in [-0.4, -0.2) is 5.25 Å². The van der Waals surface area contributed by atoms with Gasteiger partial charge in [-0.3, -0.25) is 0 Å². The summed E-state index contributed by atoms with van der Waals surface area (Å²) in [5.41, 5.74) is 0. The molecule has 0 unspecified atom stereocenters. The van der Waals surface area contributed by atoms with E-state index in [1.807, 2.05) is 0 Å². The van der Waals surface area contributed by atoms with E-state index in [0.29, 0.717) is 5.25 Å². The summed E-state index contributed by atoms with van der Waals surface area (Å²) in [6.07, 6.45) is 10.4. The molecule has 0 aliphatic heterocycles. The van der Waals surface area contributed by atoms with Crippen LogP contribution in [0.25, 0.3) is 0 Å². The summed E-state index contributed by atoms with van der Waals surface area (Å²) in [6, 6.07) is 0. The molecule has 2 heteroatoms. The Balaban J connectivity index is 0.000000810. The Kier molecular flexibility index (Phi) is 7.43. The molecule has 0 N–H and O–H groups in total. The molecule has 0 heterocycles. The zero-order valence-electron chi connectivity index (χ0n) is 6.25. The van der Waals surface area contributed by atoms with Gasteiger partial charge in [0.1, 0.15) is 0 Å². The Hall–Kier alpha value is 1.04. The third-order valence-electron chi connectivity index (χ3n) is 1.89. The van der Waals surface area contributed by atoms with E-state index >= 15 is 0 Å². The smallest absolute Gasteiger partial charge is 0.00149 e. The largest absolute Gasteiger partial charge is 0.328 e. The summed E-state index contributed by atoms with van der Waals surface area (Å²) in [6.45, 7) is 0. The third kappa shape index (κ3) is 4.79. The molecule has 1 saturated carbocycles. The molecule has 0 aromatic heterocycles. The van der Waals surface area contributed by atoms with Crippen LogP contribution in [0.1, 0.15) is 38.5 Å². The molecule has 0 saturated heterocycles. The molecule has 0 aromatic carbocycles. The van der Waals surface area contributed by atoms with Gasteiger partial charge >= 0.3 is 0 Å². The van der Waals surface area contributed by atoms with Gasteiger partial charge in [0.2, 0.25) is 0 Å². The third-order valence-corrected chi connectivity index (χ3v) is 2.41. The fourth-order valence-electron chi connectivity index (χ4n) is 1.28.